The lowest BCUT2D eigenvalue weighted by Crippen LogP contribution is -2.20. The first kappa shape index (κ1) is 15.9. The van der Waals surface area contributed by atoms with Gasteiger partial charge in [0, 0.05) is 32.1 Å². The molecule has 0 saturated heterocycles. The molecule has 20 heavy (non-hydrogen) atoms. The highest BCUT2D eigenvalue weighted by Gasteiger charge is 2.17. The Hall–Kier alpha value is -2.13. The first-order chi connectivity index (χ1) is 9.60. The lowest BCUT2D eigenvalue weighted by molar-refractivity contribution is -0.384. The van der Waals surface area contributed by atoms with Gasteiger partial charge in [-0.2, -0.15) is 5.26 Å². The summed E-state index contributed by atoms with van der Waals surface area (Å²) in [6.45, 7) is 3.93. The number of rotatable bonds is 8. The molecule has 0 saturated carbocycles. The Morgan fingerprint density at radius 2 is 2.25 bits per heavy atom. The van der Waals surface area contributed by atoms with Gasteiger partial charge in [-0.15, -0.1) is 0 Å². The number of hydrogen-bond donors (Lipinski definition) is 1. The van der Waals surface area contributed by atoms with Gasteiger partial charge in [-0.25, -0.2) is 0 Å². The molecule has 0 atom stereocenters. The fourth-order valence-corrected chi connectivity index (χ4v) is 1.94. The summed E-state index contributed by atoms with van der Waals surface area (Å²) in [5.74, 6) is 0. The number of nitrogens with one attached hydrogen (secondary N) is 1. The van der Waals surface area contributed by atoms with E-state index in [-0.39, 0.29) is 10.6 Å². The summed E-state index contributed by atoms with van der Waals surface area (Å²) in [5, 5.41) is 22.8. The molecule has 0 aliphatic heterocycles. The fraction of sp³-hybridized carbons (Fsp3) is 0.500. The molecule has 6 heteroatoms. The number of anilines is 1. The van der Waals surface area contributed by atoms with Gasteiger partial charge in [-0.3, -0.25) is 10.1 Å². The summed E-state index contributed by atoms with van der Waals surface area (Å²) in [6.07, 6.45) is 1.35. The van der Waals surface area contributed by atoms with Crippen LogP contribution in [-0.4, -0.2) is 30.0 Å². The van der Waals surface area contributed by atoms with Crippen LogP contribution in [0.4, 0.5) is 11.4 Å². The molecule has 0 aliphatic carbocycles. The molecule has 0 fully saturated rings. The lowest BCUT2D eigenvalue weighted by Gasteiger charge is -2.18. The maximum Gasteiger partial charge on any atom is 0.292 e. The van der Waals surface area contributed by atoms with Crippen molar-refractivity contribution < 1.29 is 4.92 Å². The summed E-state index contributed by atoms with van der Waals surface area (Å²) in [5.41, 5.74) is 1.57. The van der Waals surface area contributed by atoms with Crippen LogP contribution >= 0.6 is 0 Å². The van der Waals surface area contributed by atoms with Crippen molar-refractivity contribution in [3.63, 3.8) is 0 Å². The number of nitro groups is 1. The first-order valence-electron chi connectivity index (χ1n) is 6.65. The Morgan fingerprint density at radius 1 is 1.50 bits per heavy atom. The molecule has 1 aromatic rings. The van der Waals surface area contributed by atoms with Crippen LogP contribution in [0.2, 0.25) is 0 Å². The molecule has 0 aromatic heterocycles. The summed E-state index contributed by atoms with van der Waals surface area (Å²) in [4.78, 5) is 12.7. The molecule has 1 N–H and O–H groups in total. The third-order valence-electron chi connectivity index (χ3n) is 2.92. The SMILES string of the molecule is CCCNc1c(CN(C)CCC#N)cccc1[N+](=O)[O-]. The van der Waals surface area contributed by atoms with E-state index in [0.717, 1.165) is 12.0 Å². The van der Waals surface area contributed by atoms with Gasteiger partial charge in [0.25, 0.3) is 5.69 Å². The molecular formula is C14H20N4O2. The van der Waals surface area contributed by atoms with Crippen molar-refractivity contribution >= 4 is 11.4 Å². The predicted molar refractivity (Wildman–Crippen MR) is 78.4 cm³/mol. The predicted octanol–water partition coefficient (Wildman–Crippen LogP) is 2.76. The minimum Gasteiger partial charge on any atom is -0.379 e. The maximum absolute atomic E-state index is 11.1. The zero-order valence-corrected chi connectivity index (χ0v) is 11.9. The summed E-state index contributed by atoms with van der Waals surface area (Å²) >= 11 is 0. The quantitative estimate of drug-likeness (QED) is 0.583. The van der Waals surface area contributed by atoms with Crippen LogP contribution in [0.5, 0.6) is 0 Å². The minimum absolute atomic E-state index is 0.102. The minimum atomic E-state index is -0.364. The van der Waals surface area contributed by atoms with Crippen molar-refractivity contribution in [1.29, 1.82) is 5.26 Å². The normalized spacial score (nSPS) is 10.3. The zero-order valence-electron chi connectivity index (χ0n) is 11.9. The second-order valence-electron chi connectivity index (χ2n) is 4.64. The molecule has 0 heterocycles. The van der Waals surface area contributed by atoms with E-state index in [1.807, 2.05) is 24.9 Å². The molecule has 0 bridgehead atoms. The van der Waals surface area contributed by atoms with Crippen LogP contribution in [0, 0.1) is 21.4 Å². The maximum atomic E-state index is 11.1. The molecule has 108 valence electrons. The van der Waals surface area contributed by atoms with Gasteiger partial charge in [0.2, 0.25) is 0 Å². The number of nitrogens with zero attached hydrogens (tertiary/aromatic N) is 3. The van der Waals surface area contributed by atoms with Gasteiger partial charge >= 0.3 is 0 Å². The van der Waals surface area contributed by atoms with E-state index >= 15 is 0 Å². The number of para-hydroxylation sites is 1. The average molecular weight is 276 g/mol. The van der Waals surface area contributed by atoms with Crippen molar-refractivity contribution in [2.75, 3.05) is 25.5 Å². The van der Waals surface area contributed by atoms with E-state index in [9.17, 15) is 10.1 Å². The molecule has 0 radical (unpaired) electrons. The van der Waals surface area contributed by atoms with Crippen molar-refractivity contribution in [2.45, 2.75) is 26.3 Å². The number of hydrogen-bond acceptors (Lipinski definition) is 5. The van der Waals surface area contributed by atoms with E-state index in [4.69, 9.17) is 5.26 Å². The smallest absolute Gasteiger partial charge is 0.292 e. The van der Waals surface area contributed by atoms with Crippen LogP contribution in [0.15, 0.2) is 18.2 Å². The van der Waals surface area contributed by atoms with E-state index in [2.05, 4.69) is 11.4 Å². The standard InChI is InChI=1S/C14H20N4O2/c1-3-9-16-14-12(11-17(2)10-5-8-15)6-4-7-13(14)18(19)20/h4,6-7,16H,3,5,9-11H2,1-2H3. The molecule has 1 rings (SSSR count). The number of nitro benzene ring substituents is 1. The largest absolute Gasteiger partial charge is 0.379 e. The van der Waals surface area contributed by atoms with Crippen LogP contribution < -0.4 is 5.32 Å². The number of benzene rings is 1. The summed E-state index contributed by atoms with van der Waals surface area (Å²) < 4.78 is 0. The second kappa shape index (κ2) is 8.12. The van der Waals surface area contributed by atoms with Crippen LogP contribution in [-0.2, 0) is 6.54 Å². The first-order valence-corrected chi connectivity index (χ1v) is 6.65. The fourth-order valence-electron chi connectivity index (χ4n) is 1.94. The molecular weight excluding hydrogens is 256 g/mol. The van der Waals surface area contributed by atoms with Crippen LogP contribution in [0.1, 0.15) is 25.3 Å². The van der Waals surface area contributed by atoms with Crippen LogP contribution in [0.25, 0.3) is 0 Å². The molecule has 0 spiro atoms. The van der Waals surface area contributed by atoms with E-state index in [0.29, 0.717) is 31.7 Å². The third-order valence-corrected chi connectivity index (χ3v) is 2.92. The summed E-state index contributed by atoms with van der Waals surface area (Å²) in [6, 6.07) is 7.19. The Morgan fingerprint density at radius 3 is 2.85 bits per heavy atom. The molecule has 1 aromatic carbocycles. The van der Waals surface area contributed by atoms with Crippen molar-refractivity contribution in [3.05, 3.63) is 33.9 Å². The Kier molecular flexibility index (Phi) is 6.47. The van der Waals surface area contributed by atoms with Gasteiger partial charge in [0.05, 0.1) is 11.0 Å². The lowest BCUT2D eigenvalue weighted by atomic mass is 10.1. The molecule has 0 unspecified atom stereocenters. The monoisotopic (exact) mass is 276 g/mol. The topological polar surface area (TPSA) is 82.2 Å². The van der Waals surface area contributed by atoms with Gasteiger partial charge in [-0.05, 0) is 19.0 Å². The Labute approximate surface area is 119 Å². The van der Waals surface area contributed by atoms with Crippen molar-refractivity contribution in [2.24, 2.45) is 0 Å². The molecule has 0 aliphatic rings. The van der Waals surface area contributed by atoms with Crippen LogP contribution in [0.3, 0.4) is 0 Å². The van der Waals surface area contributed by atoms with Crippen molar-refractivity contribution in [1.82, 2.24) is 4.90 Å². The highest BCUT2D eigenvalue weighted by molar-refractivity contribution is 5.66. The van der Waals surface area contributed by atoms with E-state index < -0.39 is 0 Å². The third kappa shape index (κ3) is 4.52. The number of nitriles is 1. The zero-order chi connectivity index (χ0) is 15.0. The second-order valence-corrected chi connectivity index (χ2v) is 4.64. The molecule has 0 amide bonds. The highest BCUT2D eigenvalue weighted by Crippen LogP contribution is 2.29. The van der Waals surface area contributed by atoms with Gasteiger partial charge in [-0.1, -0.05) is 19.1 Å². The molecule has 6 nitrogen and oxygen atoms in total. The van der Waals surface area contributed by atoms with E-state index in [1.54, 1.807) is 6.07 Å². The van der Waals surface area contributed by atoms with E-state index in [1.165, 1.54) is 6.07 Å². The Bertz CT molecular complexity index is 496. The summed E-state index contributed by atoms with van der Waals surface area (Å²) in [7, 11) is 1.90. The van der Waals surface area contributed by atoms with Gasteiger partial charge < -0.3 is 10.2 Å². The van der Waals surface area contributed by atoms with Gasteiger partial charge in [0.1, 0.15) is 5.69 Å². The average Bonchev–Trinajstić information content (AvgIpc) is 2.43. The van der Waals surface area contributed by atoms with Gasteiger partial charge in [0.15, 0.2) is 0 Å². The highest BCUT2D eigenvalue weighted by atomic mass is 16.6. The Balaban J connectivity index is 2.96. The van der Waals surface area contributed by atoms with Crippen molar-refractivity contribution in [3.8, 4) is 6.07 Å².